The molecule has 0 aromatic carbocycles. The zero-order chi connectivity index (χ0) is 16.7. The first-order chi connectivity index (χ1) is 11.2. The lowest BCUT2D eigenvalue weighted by Crippen LogP contribution is -2.51. The highest BCUT2D eigenvalue weighted by molar-refractivity contribution is 5.36. The molecule has 0 aliphatic carbocycles. The van der Waals surface area contributed by atoms with E-state index in [1.54, 1.807) is 31.1 Å². The number of unbranched alkanes of at least 4 members (excludes halogenated alkanes) is 1. The molecule has 0 amide bonds. The third kappa shape index (κ3) is 5.04. The molecule has 2 rings (SSSR count). The van der Waals surface area contributed by atoms with Crippen molar-refractivity contribution in [1.29, 1.82) is 0 Å². The van der Waals surface area contributed by atoms with Gasteiger partial charge in [0.2, 0.25) is 0 Å². The molecule has 1 aromatic rings. The molecule has 1 fully saturated rings. The minimum atomic E-state index is -0.0208. The number of methoxy groups -OCH3 is 1. The van der Waals surface area contributed by atoms with Crippen molar-refractivity contribution in [3.63, 3.8) is 0 Å². The third-order valence-corrected chi connectivity index (χ3v) is 4.47. The number of aryl methyl sites for hydroxylation is 1. The summed E-state index contributed by atoms with van der Waals surface area (Å²) in [5.41, 5.74) is -0.0208. The first-order valence-corrected chi connectivity index (χ1v) is 8.67. The van der Waals surface area contributed by atoms with Gasteiger partial charge in [0, 0.05) is 51.7 Å². The quantitative estimate of drug-likeness (QED) is 0.787. The Balaban J connectivity index is 1.99. The Labute approximate surface area is 138 Å². The maximum atomic E-state index is 12.3. The fourth-order valence-electron chi connectivity index (χ4n) is 3.21. The Morgan fingerprint density at radius 2 is 2.35 bits per heavy atom. The number of hydrogen-bond acceptors (Lipinski definition) is 5. The smallest absolute Gasteiger partial charge is 0.293 e. The summed E-state index contributed by atoms with van der Waals surface area (Å²) in [6.07, 6.45) is 9.14. The molecule has 0 unspecified atom stereocenters. The number of hydrogen-bond donors (Lipinski definition) is 1. The lowest BCUT2D eigenvalue weighted by Gasteiger charge is -2.35. The van der Waals surface area contributed by atoms with Crippen molar-refractivity contribution < 1.29 is 4.74 Å². The number of ether oxygens (including phenoxy) is 1. The maximum Gasteiger partial charge on any atom is 0.293 e. The second-order valence-electron chi connectivity index (χ2n) is 6.41. The predicted octanol–water partition coefficient (Wildman–Crippen LogP) is 1.54. The van der Waals surface area contributed by atoms with E-state index in [2.05, 4.69) is 22.1 Å². The average Bonchev–Trinajstić information content (AvgIpc) is 2.55. The summed E-state index contributed by atoms with van der Waals surface area (Å²) < 4.78 is 6.94. The summed E-state index contributed by atoms with van der Waals surface area (Å²) in [7, 11) is 3.53. The standard InChI is InChI=1S/C17H30N4O2/c1-4-5-7-15(13-23-3)19-14-8-6-10-21(12-14)16-17(22)20(2)11-9-18-16/h9,11,14-15,19H,4-8,10,12-13H2,1-3H3/t14-,15-/m1/s1. The van der Waals surface area contributed by atoms with Crippen molar-refractivity contribution in [3.8, 4) is 0 Å². The number of nitrogens with one attached hydrogen (secondary N) is 1. The summed E-state index contributed by atoms with van der Waals surface area (Å²) >= 11 is 0. The molecule has 1 N–H and O–H groups in total. The van der Waals surface area contributed by atoms with Gasteiger partial charge in [-0.05, 0) is 19.3 Å². The van der Waals surface area contributed by atoms with Gasteiger partial charge in [-0.2, -0.15) is 0 Å². The van der Waals surface area contributed by atoms with E-state index in [1.807, 2.05) is 0 Å². The highest BCUT2D eigenvalue weighted by Crippen LogP contribution is 2.16. The summed E-state index contributed by atoms with van der Waals surface area (Å²) in [6.45, 7) is 4.68. The molecule has 1 aliphatic rings. The molecule has 130 valence electrons. The monoisotopic (exact) mass is 322 g/mol. The van der Waals surface area contributed by atoms with Crippen molar-refractivity contribution >= 4 is 5.82 Å². The van der Waals surface area contributed by atoms with E-state index < -0.39 is 0 Å². The topological polar surface area (TPSA) is 59.4 Å². The van der Waals surface area contributed by atoms with E-state index in [0.717, 1.165) is 39.0 Å². The Hall–Kier alpha value is -1.40. The molecule has 6 heteroatoms. The van der Waals surface area contributed by atoms with Crippen LogP contribution in [0.1, 0.15) is 39.0 Å². The van der Waals surface area contributed by atoms with Gasteiger partial charge in [-0.15, -0.1) is 0 Å². The zero-order valence-electron chi connectivity index (χ0n) is 14.6. The highest BCUT2D eigenvalue weighted by atomic mass is 16.5. The van der Waals surface area contributed by atoms with Gasteiger partial charge in [-0.25, -0.2) is 4.98 Å². The SMILES string of the molecule is CCCC[C@H](COC)N[C@@H]1CCCN(c2nccn(C)c2=O)C1. The third-order valence-electron chi connectivity index (χ3n) is 4.47. The minimum Gasteiger partial charge on any atom is -0.383 e. The molecule has 1 aromatic heterocycles. The van der Waals surface area contributed by atoms with E-state index in [4.69, 9.17) is 4.74 Å². The van der Waals surface area contributed by atoms with Crippen molar-refractivity contribution in [2.45, 2.75) is 51.1 Å². The molecule has 1 saturated heterocycles. The summed E-state index contributed by atoms with van der Waals surface area (Å²) in [4.78, 5) is 18.7. The summed E-state index contributed by atoms with van der Waals surface area (Å²) in [5.74, 6) is 0.568. The minimum absolute atomic E-state index is 0.0208. The van der Waals surface area contributed by atoms with E-state index in [9.17, 15) is 4.79 Å². The van der Waals surface area contributed by atoms with Crippen LogP contribution in [-0.4, -0.2) is 48.4 Å². The second kappa shape index (κ2) is 9.03. The summed E-state index contributed by atoms with van der Waals surface area (Å²) in [5, 5.41) is 3.72. The Kier molecular flexibility index (Phi) is 7.05. The van der Waals surface area contributed by atoms with Gasteiger partial charge < -0.3 is 19.5 Å². The molecule has 23 heavy (non-hydrogen) atoms. The second-order valence-corrected chi connectivity index (χ2v) is 6.41. The van der Waals surface area contributed by atoms with Crippen LogP contribution in [0.3, 0.4) is 0 Å². The Morgan fingerprint density at radius 3 is 3.09 bits per heavy atom. The molecule has 6 nitrogen and oxygen atoms in total. The molecule has 1 aliphatic heterocycles. The molecule has 2 atom stereocenters. The van der Waals surface area contributed by atoms with Crippen molar-refractivity contribution in [1.82, 2.24) is 14.9 Å². The van der Waals surface area contributed by atoms with E-state index >= 15 is 0 Å². The number of nitrogens with zero attached hydrogens (tertiary/aromatic N) is 3. The van der Waals surface area contributed by atoms with Gasteiger partial charge in [-0.1, -0.05) is 19.8 Å². The van der Waals surface area contributed by atoms with Crippen molar-refractivity contribution in [2.24, 2.45) is 7.05 Å². The van der Waals surface area contributed by atoms with Crippen LogP contribution in [0.25, 0.3) is 0 Å². The van der Waals surface area contributed by atoms with E-state index in [-0.39, 0.29) is 5.56 Å². The van der Waals surface area contributed by atoms with Crippen molar-refractivity contribution in [2.75, 3.05) is 31.7 Å². The Bertz CT molecular complexity index is 532. The largest absolute Gasteiger partial charge is 0.383 e. The van der Waals surface area contributed by atoms with Gasteiger partial charge in [0.15, 0.2) is 5.82 Å². The van der Waals surface area contributed by atoms with Gasteiger partial charge in [0.1, 0.15) is 0 Å². The van der Waals surface area contributed by atoms with Gasteiger partial charge >= 0.3 is 0 Å². The van der Waals surface area contributed by atoms with Crippen molar-refractivity contribution in [3.05, 3.63) is 22.7 Å². The number of piperidine rings is 1. The average molecular weight is 322 g/mol. The lowest BCUT2D eigenvalue weighted by atomic mass is 10.0. The fourth-order valence-corrected chi connectivity index (χ4v) is 3.21. The molecule has 0 saturated carbocycles. The van der Waals surface area contributed by atoms with Crippen LogP contribution < -0.4 is 15.8 Å². The van der Waals surface area contributed by atoms with Crippen LogP contribution in [0, 0.1) is 0 Å². The lowest BCUT2D eigenvalue weighted by molar-refractivity contribution is 0.153. The number of aromatic nitrogens is 2. The zero-order valence-corrected chi connectivity index (χ0v) is 14.6. The van der Waals surface area contributed by atoms with Crippen LogP contribution in [0.4, 0.5) is 5.82 Å². The molecule has 0 spiro atoms. The van der Waals surface area contributed by atoms with E-state index in [1.165, 1.54) is 12.8 Å². The first-order valence-electron chi connectivity index (χ1n) is 8.67. The Morgan fingerprint density at radius 1 is 1.52 bits per heavy atom. The molecule has 2 heterocycles. The first kappa shape index (κ1) is 17.9. The maximum absolute atomic E-state index is 12.3. The fraction of sp³-hybridized carbons (Fsp3) is 0.765. The van der Waals surface area contributed by atoms with Crippen LogP contribution in [0.15, 0.2) is 17.2 Å². The normalized spacial score (nSPS) is 19.8. The number of rotatable bonds is 8. The van der Waals surface area contributed by atoms with E-state index in [0.29, 0.717) is 17.9 Å². The van der Waals surface area contributed by atoms with Gasteiger partial charge in [0.05, 0.1) is 6.61 Å². The molecule has 0 radical (unpaired) electrons. The molecular weight excluding hydrogens is 292 g/mol. The van der Waals surface area contributed by atoms with Gasteiger partial charge in [0.25, 0.3) is 5.56 Å². The van der Waals surface area contributed by atoms with Crippen LogP contribution >= 0.6 is 0 Å². The van der Waals surface area contributed by atoms with Gasteiger partial charge in [-0.3, -0.25) is 4.79 Å². The highest BCUT2D eigenvalue weighted by Gasteiger charge is 2.24. The predicted molar refractivity (Wildman–Crippen MR) is 93.0 cm³/mol. The molecule has 0 bridgehead atoms. The van der Waals surface area contributed by atoms with Crippen LogP contribution in [0.2, 0.25) is 0 Å². The summed E-state index contributed by atoms with van der Waals surface area (Å²) in [6, 6.07) is 0.768. The number of anilines is 1. The molecular formula is C17H30N4O2. The van der Waals surface area contributed by atoms with Crippen LogP contribution in [0.5, 0.6) is 0 Å². The van der Waals surface area contributed by atoms with Crippen LogP contribution in [-0.2, 0) is 11.8 Å².